The fourth-order valence-corrected chi connectivity index (χ4v) is 3.54. The van der Waals surface area contributed by atoms with Crippen molar-refractivity contribution in [2.24, 2.45) is 5.92 Å². The predicted octanol–water partition coefficient (Wildman–Crippen LogP) is 1.51. The van der Waals surface area contributed by atoms with Crippen molar-refractivity contribution in [1.29, 1.82) is 0 Å². The average molecular weight is 228 g/mol. The molecule has 84 valence electrons. The number of rotatable bonds is 4. The molecule has 0 bridgehead atoms. The standard InChI is InChI=1S/C11H16O3S/c1-3-5-10(12)8-9(2)11-6-4-7-15(11,13)14/h3-6,9,11H,7-8H2,1-2H3/b5-3+/t9-,11-/m1/s1. The molecule has 1 aliphatic rings. The molecule has 1 aliphatic heterocycles. The van der Waals surface area contributed by atoms with Crippen LogP contribution in [-0.4, -0.2) is 25.2 Å². The van der Waals surface area contributed by atoms with Gasteiger partial charge in [-0.3, -0.25) is 4.79 Å². The van der Waals surface area contributed by atoms with Crippen molar-refractivity contribution in [2.45, 2.75) is 25.5 Å². The van der Waals surface area contributed by atoms with Crippen LogP contribution in [0.25, 0.3) is 0 Å². The summed E-state index contributed by atoms with van der Waals surface area (Å²) in [7, 11) is -3.03. The van der Waals surface area contributed by atoms with Crippen LogP contribution in [-0.2, 0) is 14.6 Å². The van der Waals surface area contributed by atoms with Crippen LogP contribution in [0.2, 0.25) is 0 Å². The number of hydrogen-bond donors (Lipinski definition) is 0. The van der Waals surface area contributed by atoms with E-state index in [1.54, 1.807) is 32.1 Å². The van der Waals surface area contributed by atoms with Gasteiger partial charge in [0, 0.05) is 6.42 Å². The molecule has 0 radical (unpaired) electrons. The molecular formula is C11H16O3S. The number of carbonyl (C=O) groups excluding carboxylic acids is 1. The first-order valence-corrected chi connectivity index (χ1v) is 6.72. The normalized spacial score (nSPS) is 25.9. The van der Waals surface area contributed by atoms with Gasteiger partial charge in [0.15, 0.2) is 15.6 Å². The van der Waals surface area contributed by atoms with E-state index in [-0.39, 0.29) is 17.5 Å². The highest BCUT2D eigenvalue weighted by Gasteiger charge is 2.31. The van der Waals surface area contributed by atoms with E-state index < -0.39 is 15.1 Å². The van der Waals surface area contributed by atoms with Crippen molar-refractivity contribution >= 4 is 15.6 Å². The summed E-state index contributed by atoms with van der Waals surface area (Å²) < 4.78 is 23.1. The average Bonchev–Trinajstić information content (AvgIpc) is 2.45. The number of allylic oxidation sites excluding steroid dienone is 2. The Morgan fingerprint density at radius 3 is 2.73 bits per heavy atom. The predicted molar refractivity (Wildman–Crippen MR) is 60.3 cm³/mol. The maximum Gasteiger partial charge on any atom is 0.160 e. The molecule has 0 unspecified atom stereocenters. The lowest BCUT2D eigenvalue weighted by molar-refractivity contribution is -0.115. The second kappa shape index (κ2) is 4.75. The van der Waals surface area contributed by atoms with Gasteiger partial charge in [-0.25, -0.2) is 8.42 Å². The number of ketones is 1. The smallest absolute Gasteiger partial charge is 0.160 e. The lowest BCUT2D eigenvalue weighted by Gasteiger charge is -2.15. The second-order valence-electron chi connectivity index (χ2n) is 3.87. The Balaban J connectivity index is 2.66. The molecule has 0 aromatic rings. The maximum absolute atomic E-state index is 11.6. The fourth-order valence-electron chi connectivity index (χ4n) is 1.79. The molecule has 0 N–H and O–H groups in total. The zero-order chi connectivity index (χ0) is 11.5. The van der Waals surface area contributed by atoms with Crippen molar-refractivity contribution < 1.29 is 13.2 Å². The molecule has 0 aliphatic carbocycles. The maximum atomic E-state index is 11.6. The van der Waals surface area contributed by atoms with Crippen LogP contribution in [0.3, 0.4) is 0 Å². The van der Waals surface area contributed by atoms with Gasteiger partial charge in [-0.1, -0.05) is 25.2 Å². The van der Waals surface area contributed by atoms with Gasteiger partial charge >= 0.3 is 0 Å². The van der Waals surface area contributed by atoms with Crippen LogP contribution in [0.5, 0.6) is 0 Å². The topological polar surface area (TPSA) is 51.2 Å². The van der Waals surface area contributed by atoms with Gasteiger partial charge < -0.3 is 0 Å². The molecular weight excluding hydrogens is 212 g/mol. The third-order valence-electron chi connectivity index (χ3n) is 2.51. The van der Waals surface area contributed by atoms with E-state index in [0.717, 1.165) is 0 Å². The minimum atomic E-state index is -3.03. The van der Waals surface area contributed by atoms with Crippen LogP contribution in [0.4, 0.5) is 0 Å². The quantitative estimate of drug-likeness (QED) is 0.541. The Morgan fingerprint density at radius 2 is 2.27 bits per heavy atom. The van der Waals surface area contributed by atoms with Crippen molar-refractivity contribution in [3.05, 3.63) is 24.3 Å². The first-order valence-electron chi connectivity index (χ1n) is 5.01. The van der Waals surface area contributed by atoms with Crippen LogP contribution < -0.4 is 0 Å². The molecule has 3 nitrogen and oxygen atoms in total. The van der Waals surface area contributed by atoms with E-state index in [4.69, 9.17) is 0 Å². The summed E-state index contributed by atoms with van der Waals surface area (Å²) in [5.41, 5.74) is 0. The number of carbonyl (C=O) groups is 1. The van der Waals surface area contributed by atoms with Crippen molar-refractivity contribution in [1.82, 2.24) is 0 Å². The first-order chi connectivity index (χ1) is 6.97. The highest BCUT2D eigenvalue weighted by Crippen LogP contribution is 2.23. The van der Waals surface area contributed by atoms with Crippen LogP contribution >= 0.6 is 0 Å². The zero-order valence-electron chi connectivity index (χ0n) is 9.01. The Hall–Kier alpha value is -0.900. The molecule has 15 heavy (non-hydrogen) atoms. The summed E-state index contributed by atoms with van der Waals surface area (Å²) in [4.78, 5) is 11.3. The number of hydrogen-bond acceptors (Lipinski definition) is 3. The highest BCUT2D eigenvalue weighted by atomic mass is 32.2. The minimum absolute atomic E-state index is 0.0134. The van der Waals surface area contributed by atoms with Crippen LogP contribution in [0, 0.1) is 5.92 Å². The molecule has 0 aromatic carbocycles. The molecule has 0 saturated heterocycles. The molecule has 0 amide bonds. The molecule has 0 aromatic heterocycles. The summed E-state index contributed by atoms with van der Waals surface area (Å²) in [6.45, 7) is 3.58. The van der Waals surface area contributed by atoms with Gasteiger partial charge in [0.1, 0.15) is 0 Å². The van der Waals surface area contributed by atoms with Crippen LogP contribution in [0.15, 0.2) is 24.3 Å². The van der Waals surface area contributed by atoms with E-state index in [2.05, 4.69) is 0 Å². The van der Waals surface area contributed by atoms with Crippen LogP contribution in [0.1, 0.15) is 20.3 Å². The third-order valence-corrected chi connectivity index (χ3v) is 4.61. The van der Waals surface area contributed by atoms with E-state index in [9.17, 15) is 13.2 Å². The molecule has 2 atom stereocenters. The van der Waals surface area contributed by atoms with Gasteiger partial charge in [-0.15, -0.1) is 0 Å². The molecule has 1 heterocycles. The van der Waals surface area contributed by atoms with E-state index in [0.29, 0.717) is 6.42 Å². The lowest BCUT2D eigenvalue weighted by atomic mass is 10.00. The van der Waals surface area contributed by atoms with E-state index >= 15 is 0 Å². The van der Waals surface area contributed by atoms with Gasteiger partial charge in [-0.05, 0) is 18.9 Å². The summed E-state index contributed by atoms with van der Waals surface area (Å²) in [6.07, 6.45) is 6.81. The summed E-state index contributed by atoms with van der Waals surface area (Å²) in [5, 5.41) is -0.480. The molecule has 4 heteroatoms. The Bertz CT molecular complexity index is 390. The van der Waals surface area contributed by atoms with Crippen molar-refractivity contribution in [3.63, 3.8) is 0 Å². The van der Waals surface area contributed by atoms with Crippen molar-refractivity contribution in [3.8, 4) is 0 Å². The Labute approximate surface area is 90.8 Å². The summed E-state index contributed by atoms with van der Waals surface area (Å²) in [6, 6.07) is 0. The SMILES string of the molecule is C/C=C/C(=O)C[C@@H](C)[C@H]1C=CCS1(=O)=O. The first kappa shape index (κ1) is 12.2. The Morgan fingerprint density at radius 1 is 1.60 bits per heavy atom. The minimum Gasteiger partial charge on any atom is -0.295 e. The molecule has 1 rings (SSSR count). The second-order valence-corrected chi connectivity index (χ2v) is 6.07. The Kier molecular flexibility index (Phi) is 3.85. The van der Waals surface area contributed by atoms with E-state index in [1.165, 1.54) is 6.08 Å². The molecule has 0 spiro atoms. The summed E-state index contributed by atoms with van der Waals surface area (Å²) >= 11 is 0. The monoisotopic (exact) mass is 228 g/mol. The van der Waals surface area contributed by atoms with Gasteiger partial charge in [-0.2, -0.15) is 0 Å². The third kappa shape index (κ3) is 3.02. The molecule has 0 saturated carbocycles. The lowest BCUT2D eigenvalue weighted by Crippen LogP contribution is -2.25. The van der Waals surface area contributed by atoms with Gasteiger partial charge in [0.2, 0.25) is 0 Å². The number of sulfone groups is 1. The zero-order valence-corrected chi connectivity index (χ0v) is 9.83. The summed E-state index contributed by atoms with van der Waals surface area (Å²) in [5.74, 6) is -0.0437. The van der Waals surface area contributed by atoms with Crippen molar-refractivity contribution in [2.75, 3.05) is 5.75 Å². The largest absolute Gasteiger partial charge is 0.295 e. The van der Waals surface area contributed by atoms with Gasteiger partial charge in [0.05, 0.1) is 11.0 Å². The molecule has 0 fully saturated rings. The van der Waals surface area contributed by atoms with Gasteiger partial charge in [0.25, 0.3) is 0 Å². The van der Waals surface area contributed by atoms with E-state index in [1.807, 2.05) is 0 Å². The highest BCUT2D eigenvalue weighted by molar-refractivity contribution is 7.92. The fraction of sp³-hybridized carbons (Fsp3) is 0.545.